The summed E-state index contributed by atoms with van der Waals surface area (Å²) >= 11 is 1.36. The van der Waals surface area contributed by atoms with Gasteiger partial charge in [0.2, 0.25) is 0 Å². The maximum absolute atomic E-state index is 3.72. The summed E-state index contributed by atoms with van der Waals surface area (Å²) in [5, 5.41) is 2.66. The van der Waals surface area contributed by atoms with Gasteiger partial charge in [0.25, 0.3) is 0 Å². The molecule has 4 aromatic carbocycles. The van der Waals surface area contributed by atoms with E-state index in [9.17, 15) is 0 Å². The molecular weight excluding hydrogens is 563 g/mol. The van der Waals surface area contributed by atoms with Crippen molar-refractivity contribution in [1.82, 2.24) is 0 Å². The number of unbranched alkanes of at least 4 members (excludes halogenated alkanes) is 3. The van der Waals surface area contributed by atoms with Crippen molar-refractivity contribution in [3.05, 3.63) is 133 Å². The summed E-state index contributed by atoms with van der Waals surface area (Å²) in [5.41, 5.74) is 4.00. The molecule has 0 nitrogen and oxygen atoms in total. The van der Waals surface area contributed by atoms with Crippen LogP contribution in [0.5, 0.6) is 0 Å². The van der Waals surface area contributed by atoms with Crippen LogP contribution in [0.3, 0.4) is 0 Å². The van der Waals surface area contributed by atoms with Gasteiger partial charge in [-0.1, -0.05) is 68.3 Å². The average molecular weight is 598 g/mol. The minimum absolute atomic E-state index is 0. The van der Waals surface area contributed by atoms with Gasteiger partial charge in [-0.25, -0.2) is 0 Å². The van der Waals surface area contributed by atoms with E-state index in [1.54, 1.807) is 0 Å². The molecule has 0 heterocycles. The summed E-state index contributed by atoms with van der Waals surface area (Å²) in [6.07, 6.45) is 12.1. The van der Waals surface area contributed by atoms with Gasteiger partial charge in [0.15, 0.2) is 0 Å². The van der Waals surface area contributed by atoms with Crippen LogP contribution in [0.25, 0.3) is 16.8 Å². The predicted molar refractivity (Wildman–Crippen MR) is 157 cm³/mol. The molecule has 0 bridgehead atoms. The SMILES string of the molecule is CCC[CH-]CCC1C=Cc2ccccc21.Cl.Cl.[CH2-]c1ccccc1.[Si]=[Zr].c1ccc2[cH-]ccc2c1. The van der Waals surface area contributed by atoms with Crippen LogP contribution < -0.4 is 0 Å². The second-order valence-corrected chi connectivity index (χ2v) is 7.89. The summed E-state index contributed by atoms with van der Waals surface area (Å²) in [5.74, 6) is 0.661. The Morgan fingerprint density at radius 1 is 0.857 bits per heavy atom. The van der Waals surface area contributed by atoms with Gasteiger partial charge in [-0.05, 0) is 11.1 Å². The van der Waals surface area contributed by atoms with Gasteiger partial charge >= 0.3 is 30.2 Å². The minimum atomic E-state index is 0. The quantitative estimate of drug-likeness (QED) is 0.122. The Morgan fingerprint density at radius 3 is 2.17 bits per heavy atom. The van der Waals surface area contributed by atoms with Gasteiger partial charge in [-0.3, -0.25) is 0 Å². The summed E-state index contributed by atoms with van der Waals surface area (Å²) in [7, 11) is 0. The van der Waals surface area contributed by atoms with Gasteiger partial charge in [-0.15, -0.1) is 66.6 Å². The molecule has 4 heteroatoms. The molecule has 0 fully saturated rings. The molecule has 0 aromatic heterocycles. The third-order valence-corrected chi connectivity index (χ3v) is 5.47. The number of fused-ring (bicyclic) bond motifs is 2. The number of halogens is 2. The van der Waals surface area contributed by atoms with Crippen LogP contribution >= 0.6 is 24.8 Å². The van der Waals surface area contributed by atoms with Gasteiger partial charge in [0, 0.05) is 5.92 Å². The summed E-state index contributed by atoms with van der Waals surface area (Å²) in [4.78, 5) is 0. The molecule has 0 spiro atoms. The first-order valence-corrected chi connectivity index (χ1v) is 15.8. The number of hydrogen-bond donors (Lipinski definition) is 0. The van der Waals surface area contributed by atoms with Crippen LogP contribution in [-0.4, -0.2) is 6.88 Å². The van der Waals surface area contributed by atoms with Crippen molar-refractivity contribution in [2.45, 2.75) is 38.5 Å². The van der Waals surface area contributed by atoms with E-state index < -0.39 is 0 Å². The van der Waals surface area contributed by atoms with E-state index in [4.69, 9.17) is 0 Å². The Hall–Kier alpha value is -1.44. The van der Waals surface area contributed by atoms with Crippen LogP contribution in [0.1, 0.15) is 55.2 Å². The number of allylic oxidation sites excluding steroid dienone is 1. The summed E-state index contributed by atoms with van der Waals surface area (Å²) in [6.45, 7) is 9.02. The first-order chi connectivity index (χ1) is 16.3. The Balaban J connectivity index is 0.000000498. The molecule has 0 aliphatic heterocycles. The number of rotatable bonds is 5. The summed E-state index contributed by atoms with van der Waals surface area (Å²) < 4.78 is 0. The number of benzene rings is 3. The van der Waals surface area contributed by atoms with Crippen LogP contribution in [-0.2, 0) is 23.3 Å². The molecule has 5 rings (SSSR count). The van der Waals surface area contributed by atoms with E-state index in [-0.39, 0.29) is 24.8 Å². The molecule has 1 aliphatic carbocycles. The Kier molecular flexibility index (Phi) is 19.9. The van der Waals surface area contributed by atoms with Gasteiger partial charge < -0.3 is 6.42 Å². The molecule has 1 aliphatic rings. The molecule has 4 aromatic rings. The zero-order valence-corrected chi connectivity index (χ0v) is 25.5. The van der Waals surface area contributed by atoms with E-state index >= 15 is 0 Å². The normalized spacial score (nSPS) is 12.2. The van der Waals surface area contributed by atoms with Crippen molar-refractivity contribution in [2.75, 3.05) is 0 Å². The molecule has 184 valence electrons. The molecule has 0 saturated heterocycles. The van der Waals surface area contributed by atoms with Crippen LogP contribution in [0.4, 0.5) is 0 Å². The van der Waals surface area contributed by atoms with Crippen molar-refractivity contribution < 1.29 is 23.3 Å². The van der Waals surface area contributed by atoms with E-state index in [0.29, 0.717) is 5.92 Å². The van der Waals surface area contributed by atoms with Gasteiger partial charge in [0.05, 0.1) is 0 Å². The Bertz CT molecular complexity index is 1050. The molecule has 1 unspecified atom stereocenters. The fraction of sp³-hybridized carbons (Fsp3) is 0.194. The van der Waals surface area contributed by atoms with Crippen molar-refractivity contribution in [2.24, 2.45) is 0 Å². The topological polar surface area (TPSA) is 0 Å². The Morgan fingerprint density at radius 2 is 1.51 bits per heavy atom. The zero-order valence-electron chi connectivity index (χ0n) is 20.4. The average Bonchev–Trinajstić information content (AvgIpc) is 3.52. The number of hydrogen-bond acceptors (Lipinski definition) is 0. The maximum Gasteiger partial charge on any atom is -0.0809 e. The van der Waals surface area contributed by atoms with Crippen LogP contribution in [0.15, 0.2) is 103 Å². The van der Waals surface area contributed by atoms with Crippen molar-refractivity contribution in [3.63, 3.8) is 0 Å². The van der Waals surface area contributed by atoms with Gasteiger partial charge in [-0.2, -0.15) is 55.0 Å². The molecule has 0 saturated carbocycles. The van der Waals surface area contributed by atoms with E-state index in [1.165, 1.54) is 70.9 Å². The molecular formula is C31H35Cl2SiZr-3. The minimum Gasteiger partial charge on any atom is -0.168 e. The third-order valence-electron chi connectivity index (χ3n) is 5.47. The smallest absolute Gasteiger partial charge is 0.0809 e. The second kappa shape index (κ2) is 20.7. The molecule has 35 heavy (non-hydrogen) atoms. The van der Waals surface area contributed by atoms with Gasteiger partial charge in [0.1, 0.15) is 0 Å². The molecule has 0 amide bonds. The zero-order chi connectivity index (χ0) is 23.7. The first-order valence-electron chi connectivity index (χ1n) is 11.6. The Labute approximate surface area is 242 Å². The maximum atomic E-state index is 3.72. The molecule has 2 radical (unpaired) electrons. The standard InChI is InChI=1S/C15H19.C9H7.C7H7.2ClH.Si.Zr/c1-2-3-4-5-8-13-11-12-14-9-6-7-10-15(13)14;1-2-5-9-7-3-6-8(9)4-1;1-7-5-3-2-4-6-7;;;;/h4,6-7,9-13H,2-3,5,8H2,1H3;1-7H;2-6H,1H2;2*1H;;/q3*-1;;;;. The summed E-state index contributed by atoms with van der Waals surface area (Å²) in [6, 6.07) is 33.3. The van der Waals surface area contributed by atoms with Crippen molar-refractivity contribution >= 4 is 48.5 Å². The monoisotopic (exact) mass is 595 g/mol. The van der Waals surface area contributed by atoms with Crippen molar-refractivity contribution in [1.29, 1.82) is 0 Å². The van der Waals surface area contributed by atoms with Crippen LogP contribution in [0.2, 0.25) is 0 Å². The fourth-order valence-electron chi connectivity index (χ4n) is 3.77. The second-order valence-electron chi connectivity index (χ2n) is 7.89. The molecule has 1 atom stereocenters. The largest absolute Gasteiger partial charge is 0.168 e. The fourth-order valence-corrected chi connectivity index (χ4v) is 3.77. The van der Waals surface area contributed by atoms with Crippen LogP contribution in [0, 0.1) is 13.3 Å². The first kappa shape index (κ1) is 33.6. The third kappa shape index (κ3) is 12.4. The molecule has 0 N–H and O–H groups in total. The van der Waals surface area contributed by atoms with E-state index in [2.05, 4.69) is 106 Å². The van der Waals surface area contributed by atoms with Crippen molar-refractivity contribution in [3.8, 4) is 0 Å². The van der Waals surface area contributed by atoms with E-state index in [1.807, 2.05) is 30.3 Å². The predicted octanol–water partition coefficient (Wildman–Crippen LogP) is 9.47. The van der Waals surface area contributed by atoms with E-state index in [0.717, 1.165) is 5.56 Å².